The fourth-order valence-electron chi connectivity index (χ4n) is 2.98. The summed E-state index contributed by atoms with van der Waals surface area (Å²) in [6.45, 7) is 5.13. The van der Waals surface area contributed by atoms with Crippen molar-refractivity contribution in [1.82, 2.24) is 15.0 Å². The van der Waals surface area contributed by atoms with Gasteiger partial charge in [0.05, 0.1) is 17.1 Å². The van der Waals surface area contributed by atoms with Gasteiger partial charge in [-0.2, -0.15) is 0 Å². The number of aromatic amines is 1. The normalized spacial score (nSPS) is 21.6. The Morgan fingerprint density at radius 2 is 2.17 bits per heavy atom. The minimum absolute atomic E-state index is 0.307. The number of hydrogen-bond donors (Lipinski definition) is 2. The zero-order valence-electron chi connectivity index (χ0n) is 11.0. The number of nitrogens with one attached hydrogen (secondary N) is 1. The van der Waals surface area contributed by atoms with Gasteiger partial charge in [-0.1, -0.05) is 6.42 Å². The largest absolute Gasteiger partial charge is 0.357 e. The predicted molar refractivity (Wildman–Crippen MR) is 73.1 cm³/mol. The molecule has 3 heterocycles. The Morgan fingerprint density at radius 3 is 2.94 bits per heavy atom. The third-order valence-corrected chi connectivity index (χ3v) is 3.89. The minimum atomic E-state index is 0.307. The number of pyridine rings is 1. The van der Waals surface area contributed by atoms with E-state index in [-0.39, 0.29) is 0 Å². The summed E-state index contributed by atoms with van der Waals surface area (Å²) in [5, 5.41) is 1.98. The lowest BCUT2D eigenvalue weighted by Gasteiger charge is -2.32. The number of H-pyrrole nitrogens is 1. The summed E-state index contributed by atoms with van der Waals surface area (Å²) < 4.78 is 0. The van der Waals surface area contributed by atoms with Crippen LogP contribution < -0.4 is 5.84 Å². The van der Waals surface area contributed by atoms with Crippen LogP contribution >= 0.6 is 0 Å². The second-order valence-electron chi connectivity index (χ2n) is 5.26. The highest BCUT2D eigenvalue weighted by Crippen LogP contribution is 2.34. The number of nitrogens with two attached hydrogens (primary N) is 1. The van der Waals surface area contributed by atoms with Gasteiger partial charge in [0.25, 0.3) is 0 Å². The van der Waals surface area contributed by atoms with Gasteiger partial charge in [-0.3, -0.25) is 10.8 Å². The van der Waals surface area contributed by atoms with Crippen LogP contribution in [0.4, 0.5) is 0 Å². The summed E-state index contributed by atoms with van der Waals surface area (Å²) in [5.41, 5.74) is 5.76. The van der Waals surface area contributed by atoms with Gasteiger partial charge >= 0.3 is 0 Å². The third kappa shape index (κ3) is 1.82. The Kier molecular flexibility index (Phi) is 2.84. The molecule has 1 fully saturated rings. The molecule has 0 aromatic carbocycles. The van der Waals surface area contributed by atoms with Crippen LogP contribution in [0, 0.1) is 13.8 Å². The number of piperidine rings is 1. The number of hydrogen-bond acceptors (Lipinski definition) is 3. The summed E-state index contributed by atoms with van der Waals surface area (Å²) >= 11 is 0. The van der Waals surface area contributed by atoms with Crippen molar-refractivity contribution < 1.29 is 0 Å². The van der Waals surface area contributed by atoms with E-state index in [0.717, 1.165) is 29.7 Å². The van der Waals surface area contributed by atoms with Crippen molar-refractivity contribution in [1.29, 1.82) is 0 Å². The highest BCUT2D eigenvalue weighted by molar-refractivity contribution is 5.81. The number of fused-ring (bicyclic) bond motifs is 1. The zero-order chi connectivity index (χ0) is 12.7. The monoisotopic (exact) mass is 244 g/mol. The first-order valence-corrected chi connectivity index (χ1v) is 6.64. The van der Waals surface area contributed by atoms with Crippen LogP contribution in [0.25, 0.3) is 11.0 Å². The second kappa shape index (κ2) is 4.37. The Morgan fingerprint density at radius 1 is 1.33 bits per heavy atom. The second-order valence-corrected chi connectivity index (χ2v) is 5.26. The standard InChI is InChI=1S/C14H20N4/c1-9-6-7-11-14(16-9)13(10(2)17-11)12-5-3-4-8-18(12)15/h6-7,12,17H,3-5,8,15H2,1-2H3. The Labute approximate surface area is 107 Å². The molecule has 3 N–H and O–H groups in total. The van der Waals surface area contributed by atoms with E-state index in [0.29, 0.717) is 6.04 Å². The van der Waals surface area contributed by atoms with Crippen LogP contribution in [0.15, 0.2) is 12.1 Å². The van der Waals surface area contributed by atoms with Gasteiger partial charge in [-0.25, -0.2) is 5.01 Å². The molecule has 0 radical (unpaired) electrons. The smallest absolute Gasteiger partial charge is 0.0933 e. The van der Waals surface area contributed by atoms with Crippen LogP contribution in [-0.2, 0) is 0 Å². The molecule has 1 atom stereocenters. The molecule has 0 aliphatic carbocycles. The highest BCUT2D eigenvalue weighted by Gasteiger charge is 2.26. The molecular formula is C14H20N4. The number of nitrogens with zero attached hydrogens (tertiary/aromatic N) is 2. The van der Waals surface area contributed by atoms with Crippen molar-refractivity contribution in [3.8, 4) is 0 Å². The van der Waals surface area contributed by atoms with Crippen molar-refractivity contribution >= 4 is 11.0 Å². The van der Waals surface area contributed by atoms with E-state index >= 15 is 0 Å². The molecule has 96 valence electrons. The van der Waals surface area contributed by atoms with Crippen molar-refractivity contribution in [2.45, 2.75) is 39.2 Å². The molecule has 18 heavy (non-hydrogen) atoms. The molecular weight excluding hydrogens is 224 g/mol. The van der Waals surface area contributed by atoms with Gasteiger partial charge in [0.15, 0.2) is 0 Å². The quantitative estimate of drug-likeness (QED) is 0.758. The third-order valence-electron chi connectivity index (χ3n) is 3.89. The molecule has 4 nitrogen and oxygen atoms in total. The van der Waals surface area contributed by atoms with E-state index in [1.54, 1.807) is 0 Å². The first-order valence-electron chi connectivity index (χ1n) is 6.64. The van der Waals surface area contributed by atoms with Gasteiger partial charge in [0.2, 0.25) is 0 Å². The molecule has 0 amide bonds. The lowest BCUT2D eigenvalue weighted by molar-refractivity contribution is 0.152. The average Bonchev–Trinajstić information content (AvgIpc) is 2.66. The summed E-state index contributed by atoms with van der Waals surface area (Å²) in [4.78, 5) is 8.12. The Balaban J connectivity index is 2.14. The predicted octanol–water partition coefficient (Wildman–Crippen LogP) is 2.58. The first kappa shape index (κ1) is 11.7. The van der Waals surface area contributed by atoms with Crippen LogP contribution in [0.1, 0.15) is 42.3 Å². The number of rotatable bonds is 1. The van der Waals surface area contributed by atoms with Crippen molar-refractivity contribution in [2.75, 3.05) is 6.54 Å². The highest BCUT2D eigenvalue weighted by atomic mass is 15.4. The minimum Gasteiger partial charge on any atom is -0.357 e. The molecule has 4 heteroatoms. The fraction of sp³-hybridized carbons (Fsp3) is 0.500. The Hall–Kier alpha value is -1.39. The van der Waals surface area contributed by atoms with E-state index in [4.69, 9.17) is 10.8 Å². The van der Waals surface area contributed by atoms with Gasteiger partial charge in [-0.15, -0.1) is 0 Å². The average molecular weight is 244 g/mol. The van der Waals surface area contributed by atoms with E-state index in [1.807, 2.05) is 18.0 Å². The van der Waals surface area contributed by atoms with Crippen LogP contribution in [0.2, 0.25) is 0 Å². The Bertz CT molecular complexity index is 572. The van der Waals surface area contributed by atoms with Crippen LogP contribution in [0.5, 0.6) is 0 Å². The van der Waals surface area contributed by atoms with E-state index in [1.165, 1.54) is 24.1 Å². The molecule has 0 saturated carbocycles. The molecule has 2 aromatic heterocycles. The van der Waals surface area contributed by atoms with Crippen molar-refractivity contribution in [2.24, 2.45) is 5.84 Å². The SMILES string of the molecule is Cc1ccc2[nH]c(C)c(C3CCCCN3N)c2n1. The summed E-state index contributed by atoms with van der Waals surface area (Å²) in [7, 11) is 0. The van der Waals surface area contributed by atoms with Crippen molar-refractivity contribution in [3.05, 3.63) is 29.1 Å². The molecule has 0 spiro atoms. The van der Waals surface area contributed by atoms with Crippen LogP contribution in [0.3, 0.4) is 0 Å². The maximum absolute atomic E-state index is 6.16. The lowest BCUT2D eigenvalue weighted by atomic mass is 9.96. The number of aryl methyl sites for hydroxylation is 2. The van der Waals surface area contributed by atoms with E-state index < -0.39 is 0 Å². The molecule has 1 aliphatic heterocycles. The lowest BCUT2D eigenvalue weighted by Crippen LogP contribution is -2.39. The van der Waals surface area contributed by atoms with Gasteiger partial charge in [0, 0.05) is 23.5 Å². The molecule has 3 rings (SSSR count). The van der Waals surface area contributed by atoms with E-state index in [2.05, 4.69) is 18.0 Å². The maximum Gasteiger partial charge on any atom is 0.0933 e. The molecule has 0 bridgehead atoms. The number of hydrazine groups is 1. The topological polar surface area (TPSA) is 57.9 Å². The van der Waals surface area contributed by atoms with Gasteiger partial charge in [-0.05, 0) is 38.8 Å². The molecule has 2 aromatic rings. The molecule has 1 saturated heterocycles. The molecule has 1 aliphatic rings. The van der Waals surface area contributed by atoms with Gasteiger partial charge < -0.3 is 4.98 Å². The summed E-state index contributed by atoms with van der Waals surface area (Å²) in [6, 6.07) is 4.46. The fourth-order valence-corrected chi connectivity index (χ4v) is 2.98. The molecule has 1 unspecified atom stereocenters. The number of aromatic nitrogens is 2. The van der Waals surface area contributed by atoms with Crippen LogP contribution in [-0.4, -0.2) is 21.5 Å². The zero-order valence-corrected chi connectivity index (χ0v) is 11.0. The first-order chi connectivity index (χ1) is 8.66. The summed E-state index contributed by atoms with van der Waals surface area (Å²) in [6.07, 6.45) is 3.57. The van der Waals surface area contributed by atoms with Gasteiger partial charge in [0.1, 0.15) is 0 Å². The van der Waals surface area contributed by atoms with E-state index in [9.17, 15) is 0 Å². The summed E-state index contributed by atoms with van der Waals surface area (Å²) in [5.74, 6) is 6.16. The maximum atomic E-state index is 6.16. The van der Waals surface area contributed by atoms with Crippen molar-refractivity contribution in [3.63, 3.8) is 0 Å².